The summed E-state index contributed by atoms with van der Waals surface area (Å²) in [5, 5.41) is 8.98. The van der Waals surface area contributed by atoms with Crippen molar-refractivity contribution >= 4 is 5.91 Å². The molecule has 1 aromatic carbocycles. The van der Waals surface area contributed by atoms with E-state index in [1.807, 2.05) is 0 Å². The Balaban J connectivity index is 2.06. The van der Waals surface area contributed by atoms with Gasteiger partial charge >= 0.3 is 0 Å². The van der Waals surface area contributed by atoms with Crippen LogP contribution in [0.4, 0.5) is 4.39 Å². The first-order valence-electron chi connectivity index (χ1n) is 5.48. The summed E-state index contributed by atoms with van der Waals surface area (Å²) in [4.78, 5) is 13.6. The van der Waals surface area contributed by atoms with Crippen molar-refractivity contribution in [1.82, 2.24) is 4.90 Å². The molecule has 1 fully saturated rings. The molecule has 1 aliphatic rings. The zero-order valence-electron chi connectivity index (χ0n) is 9.30. The normalized spacial score (nSPS) is 20.4. The maximum Gasteiger partial charge on any atom is 0.254 e. The highest BCUT2D eigenvalue weighted by Crippen LogP contribution is 2.11. The summed E-state index contributed by atoms with van der Waals surface area (Å²) in [6.07, 6.45) is -0.326. The van der Waals surface area contributed by atoms with E-state index >= 15 is 0 Å². The number of carbonyl (C=O) groups excluding carboxylic acids is 1. The van der Waals surface area contributed by atoms with Crippen molar-refractivity contribution in [3.05, 3.63) is 35.6 Å². The van der Waals surface area contributed by atoms with Gasteiger partial charge in [0.15, 0.2) is 0 Å². The quantitative estimate of drug-likeness (QED) is 0.824. The second-order valence-corrected chi connectivity index (χ2v) is 3.93. The van der Waals surface area contributed by atoms with Gasteiger partial charge in [-0.3, -0.25) is 4.79 Å². The third-order valence-electron chi connectivity index (χ3n) is 2.72. The number of benzene rings is 1. The van der Waals surface area contributed by atoms with Crippen molar-refractivity contribution < 1.29 is 19.0 Å². The molecule has 0 saturated carbocycles. The smallest absolute Gasteiger partial charge is 0.254 e. The Bertz CT molecular complexity index is 393. The molecule has 1 atom stereocenters. The zero-order chi connectivity index (χ0) is 12.3. The molecule has 1 amide bonds. The van der Waals surface area contributed by atoms with Crippen LogP contribution in [0, 0.1) is 5.82 Å². The topological polar surface area (TPSA) is 49.8 Å². The standard InChI is InChI=1S/C12H14FNO3/c13-10-3-1-9(2-4-10)12(16)14-5-6-17-11(7-14)8-15/h1-4,11,15H,5-8H2. The molecular weight excluding hydrogens is 225 g/mol. The van der Waals surface area contributed by atoms with Crippen LogP contribution in [-0.2, 0) is 4.74 Å². The third kappa shape index (κ3) is 2.81. The number of halogens is 1. The molecule has 0 radical (unpaired) electrons. The van der Waals surface area contributed by atoms with E-state index in [0.717, 1.165) is 0 Å². The van der Waals surface area contributed by atoms with Gasteiger partial charge in [0, 0.05) is 18.7 Å². The van der Waals surface area contributed by atoms with E-state index in [2.05, 4.69) is 0 Å². The van der Waals surface area contributed by atoms with E-state index in [1.165, 1.54) is 24.3 Å². The van der Waals surface area contributed by atoms with Crippen molar-refractivity contribution in [2.24, 2.45) is 0 Å². The average molecular weight is 239 g/mol. The lowest BCUT2D eigenvalue weighted by molar-refractivity contribution is -0.0447. The SMILES string of the molecule is O=C(c1ccc(F)cc1)N1CCOC(CO)C1. The van der Waals surface area contributed by atoms with Crippen molar-refractivity contribution in [3.63, 3.8) is 0 Å². The Hall–Kier alpha value is -1.46. The van der Waals surface area contributed by atoms with E-state index in [0.29, 0.717) is 25.3 Å². The Morgan fingerprint density at radius 2 is 2.18 bits per heavy atom. The highest BCUT2D eigenvalue weighted by atomic mass is 19.1. The van der Waals surface area contributed by atoms with Crippen LogP contribution < -0.4 is 0 Å². The first-order valence-corrected chi connectivity index (χ1v) is 5.48. The number of aliphatic hydroxyl groups excluding tert-OH is 1. The summed E-state index contributed by atoms with van der Waals surface area (Å²) in [6.45, 7) is 1.17. The fourth-order valence-electron chi connectivity index (χ4n) is 1.79. The van der Waals surface area contributed by atoms with Crippen molar-refractivity contribution in [2.75, 3.05) is 26.3 Å². The van der Waals surface area contributed by atoms with Gasteiger partial charge in [0.25, 0.3) is 5.91 Å². The number of aliphatic hydroxyl groups is 1. The third-order valence-corrected chi connectivity index (χ3v) is 2.72. The first-order chi connectivity index (χ1) is 8.20. The molecule has 1 unspecified atom stereocenters. The van der Waals surface area contributed by atoms with Crippen molar-refractivity contribution in [2.45, 2.75) is 6.10 Å². The molecule has 2 rings (SSSR count). The minimum absolute atomic E-state index is 0.104. The number of ether oxygens (including phenoxy) is 1. The van der Waals surface area contributed by atoms with Crippen molar-refractivity contribution in [1.29, 1.82) is 0 Å². The highest BCUT2D eigenvalue weighted by Gasteiger charge is 2.24. The van der Waals surface area contributed by atoms with E-state index in [-0.39, 0.29) is 24.4 Å². The Morgan fingerprint density at radius 3 is 2.82 bits per heavy atom. The molecule has 1 saturated heterocycles. The predicted molar refractivity (Wildman–Crippen MR) is 59.1 cm³/mol. The number of hydrogen-bond acceptors (Lipinski definition) is 3. The summed E-state index contributed by atoms with van der Waals surface area (Å²) in [5.74, 6) is -0.525. The monoisotopic (exact) mass is 239 g/mol. The Kier molecular flexibility index (Phi) is 3.71. The minimum atomic E-state index is -0.364. The number of carbonyl (C=O) groups is 1. The fraction of sp³-hybridized carbons (Fsp3) is 0.417. The van der Waals surface area contributed by atoms with E-state index in [1.54, 1.807) is 4.90 Å². The predicted octanol–water partition coefficient (Wildman–Crippen LogP) is 0.659. The van der Waals surface area contributed by atoms with Gasteiger partial charge in [-0.1, -0.05) is 0 Å². The van der Waals surface area contributed by atoms with Crippen LogP contribution in [0.15, 0.2) is 24.3 Å². The summed E-state index contributed by atoms with van der Waals surface area (Å²) in [7, 11) is 0. The molecule has 1 heterocycles. The molecule has 0 aromatic heterocycles. The number of nitrogens with zero attached hydrogens (tertiary/aromatic N) is 1. The van der Waals surface area contributed by atoms with Crippen LogP contribution in [0.1, 0.15) is 10.4 Å². The summed E-state index contributed by atoms with van der Waals surface area (Å²) in [5.41, 5.74) is 0.449. The second-order valence-electron chi connectivity index (χ2n) is 3.93. The van der Waals surface area contributed by atoms with Gasteiger partial charge in [0.1, 0.15) is 5.82 Å². The number of rotatable bonds is 2. The maximum atomic E-state index is 12.7. The van der Waals surface area contributed by atoms with Gasteiger partial charge in [-0.05, 0) is 24.3 Å². The van der Waals surface area contributed by atoms with Gasteiger partial charge < -0.3 is 14.7 Å². The maximum absolute atomic E-state index is 12.7. The van der Waals surface area contributed by atoms with E-state index < -0.39 is 0 Å². The second kappa shape index (κ2) is 5.25. The summed E-state index contributed by atoms with van der Waals surface area (Å²) >= 11 is 0. The Labute approximate surface area is 98.6 Å². The molecule has 0 spiro atoms. The molecule has 1 aliphatic heterocycles. The minimum Gasteiger partial charge on any atom is -0.394 e. The van der Waals surface area contributed by atoms with Crippen LogP contribution in [0.25, 0.3) is 0 Å². The lowest BCUT2D eigenvalue weighted by atomic mass is 10.1. The lowest BCUT2D eigenvalue weighted by Crippen LogP contribution is -2.46. The molecule has 5 heteroatoms. The summed E-state index contributed by atoms with van der Waals surface area (Å²) < 4.78 is 18.0. The van der Waals surface area contributed by atoms with Crippen LogP contribution in [0.5, 0.6) is 0 Å². The van der Waals surface area contributed by atoms with Gasteiger partial charge in [0.05, 0.1) is 19.3 Å². The van der Waals surface area contributed by atoms with E-state index in [9.17, 15) is 9.18 Å². The number of morpholine rings is 1. The van der Waals surface area contributed by atoms with Crippen LogP contribution in [-0.4, -0.2) is 48.3 Å². The zero-order valence-corrected chi connectivity index (χ0v) is 9.30. The van der Waals surface area contributed by atoms with Crippen LogP contribution in [0.3, 0.4) is 0 Å². The molecule has 1 N–H and O–H groups in total. The first kappa shape index (κ1) is 12.0. The van der Waals surface area contributed by atoms with E-state index in [4.69, 9.17) is 9.84 Å². The fourth-order valence-corrected chi connectivity index (χ4v) is 1.79. The van der Waals surface area contributed by atoms with Gasteiger partial charge in [-0.15, -0.1) is 0 Å². The number of hydrogen-bond donors (Lipinski definition) is 1. The highest BCUT2D eigenvalue weighted by molar-refractivity contribution is 5.94. The Morgan fingerprint density at radius 1 is 1.47 bits per heavy atom. The van der Waals surface area contributed by atoms with Crippen molar-refractivity contribution in [3.8, 4) is 0 Å². The molecule has 92 valence electrons. The molecular formula is C12H14FNO3. The number of amides is 1. The van der Waals surface area contributed by atoms with Crippen LogP contribution in [0.2, 0.25) is 0 Å². The van der Waals surface area contributed by atoms with Gasteiger partial charge in [-0.2, -0.15) is 0 Å². The van der Waals surface area contributed by atoms with Crippen LogP contribution >= 0.6 is 0 Å². The summed E-state index contributed by atoms with van der Waals surface area (Å²) in [6, 6.07) is 5.44. The molecule has 17 heavy (non-hydrogen) atoms. The lowest BCUT2D eigenvalue weighted by Gasteiger charge is -2.32. The largest absolute Gasteiger partial charge is 0.394 e. The molecule has 1 aromatic rings. The average Bonchev–Trinajstić information content (AvgIpc) is 2.39. The molecule has 0 aliphatic carbocycles. The molecule has 4 nitrogen and oxygen atoms in total. The van der Waals surface area contributed by atoms with Gasteiger partial charge in [0.2, 0.25) is 0 Å². The molecule has 0 bridgehead atoms. The van der Waals surface area contributed by atoms with Gasteiger partial charge in [-0.25, -0.2) is 4.39 Å².